The van der Waals surface area contributed by atoms with E-state index in [1.54, 1.807) is 28.1 Å². The molecular weight excluding hydrogens is 406 g/mol. The SMILES string of the molecule is O=C(NCC(=O)N1CCCC1)c1cc(-c2ccccc2)nc2c1cnn2Cc1ccco1. The fourth-order valence-corrected chi connectivity index (χ4v) is 3.99. The number of nitrogens with zero attached hydrogens (tertiary/aromatic N) is 4. The van der Waals surface area contributed by atoms with Crippen molar-refractivity contribution in [1.29, 1.82) is 0 Å². The number of carbonyl (C=O) groups is 2. The predicted octanol–water partition coefficient (Wildman–Crippen LogP) is 3.09. The number of amides is 2. The van der Waals surface area contributed by atoms with Crippen molar-refractivity contribution in [3.8, 4) is 11.3 Å². The molecule has 8 nitrogen and oxygen atoms in total. The molecule has 4 heterocycles. The molecule has 1 N–H and O–H groups in total. The molecule has 3 aromatic heterocycles. The maximum atomic E-state index is 13.1. The van der Waals surface area contributed by atoms with Crippen molar-refractivity contribution in [3.05, 3.63) is 72.3 Å². The molecule has 1 fully saturated rings. The average Bonchev–Trinajstić information content (AvgIpc) is 3.60. The Hall–Kier alpha value is -3.94. The summed E-state index contributed by atoms with van der Waals surface area (Å²) in [6.45, 7) is 1.89. The van der Waals surface area contributed by atoms with E-state index >= 15 is 0 Å². The Bertz CT molecular complexity index is 1240. The van der Waals surface area contributed by atoms with Crippen LogP contribution < -0.4 is 5.32 Å². The molecule has 0 unspecified atom stereocenters. The number of pyridine rings is 1. The van der Waals surface area contributed by atoms with Gasteiger partial charge in [0.25, 0.3) is 5.91 Å². The van der Waals surface area contributed by atoms with E-state index in [2.05, 4.69) is 10.4 Å². The van der Waals surface area contributed by atoms with Crippen molar-refractivity contribution < 1.29 is 14.0 Å². The van der Waals surface area contributed by atoms with Crippen molar-refractivity contribution in [2.75, 3.05) is 19.6 Å². The van der Waals surface area contributed by atoms with Gasteiger partial charge in [-0.25, -0.2) is 9.67 Å². The second kappa shape index (κ2) is 8.66. The number of aromatic nitrogens is 3. The number of fused-ring (bicyclic) bond motifs is 1. The van der Waals surface area contributed by atoms with Crippen LogP contribution in [-0.2, 0) is 11.3 Å². The summed E-state index contributed by atoms with van der Waals surface area (Å²) >= 11 is 0. The van der Waals surface area contributed by atoms with Gasteiger partial charge in [0.15, 0.2) is 5.65 Å². The van der Waals surface area contributed by atoms with Gasteiger partial charge >= 0.3 is 0 Å². The summed E-state index contributed by atoms with van der Waals surface area (Å²) in [5.74, 6) is 0.363. The molecule has 2 amide bonds. The van der Waals surface area contributed by atoms with Crippen molar-refractivity contribution in [2.24, 2.45) is 0 Å². The van der Waals surface area contributed by atoms with Crippen LogP contribution in [0.3, 0.4) is 0 Å². The van der Waals surface area contributed by atoms with Gasteiger partial charge in [-0.3, -0.25) is 9.59 Å². The summed E-state index contributed by atoms with van der Waals surface area (Å²) in [4.78, 5) is 32.1. The zero-order chi connectivity index (χ0) is 21.9. The molecule has 1 aliphatic rings. The number of benzene rings is 1. The third-order valence-electron chi connectivity index (χ3n) is 5.67. The van der Waals surface area contributed by atoms with Crippen LogP contribution in [0.1, 0.15) is 29.0 Å². The van der Waals surface area contributed by atoms with Crippen LogP contribution in [0.4, 0.5) is 0 Å². The number of hydrogen-bond acceptors (Lipinski definition) is 5. The quantitative estimate of drug-likeness (QED) is 0.508. The monoisotopic (exact) mass is 429 g/mol. The van der Waals surface area contributed by atoms with Gasteiger partial charge in [-0.05, 0) is 31.0 Å². The molecule has 0 atom stereocenters. The number of furan rings is 1. The largest absolute Gasteiger partial charge is 0.467 e. The fraction of sp³-hybridized carbons (Fsp3) is 0.250. The van der Waals surface area contributed by atoms with Crippen LogP contribution in [-0.4, -0.2) is 51.1 Å². The number of likely N-dealkylation sites (tertiary alicyclic amines) is 1. The summed E-state index contributed by atoms with van der Waals surface area (Å²) in [5.41, 5.74) is 2.57. The normalized spacial score (nSPS) is 13.6. The van der Waals surface area contributed by atoms with Crippen molar-refractivity contribution in [1.82, 2.24) is 25.0 Å². The third-order valence-corrected chi connectivity index (χ3v) is 5.67. The minimum absolute atomic E-state index is 0.0240. The Morgan fingerprint density at radius 2 is 1.88 bits per heavy atom. The Morgan fingerprint density at radius 1 is 1.06 bits per heavy atom. The predicted molar refractivity (Wildman–Crippen MR) is 119 cm³/mol. The van der Waals surface area contributed by atoms with Gasteiger partial charge in [-0.1, -0.05) is 30.3 Å². The summed E-state index contributed by atoms with van der Waals surface area (Å²) < 4.78 is 7.17. The topological polar surface area (TPSA) is 93.3 Å². The number of carbonyl (C=O) groups excluding carboxylic acids is 2. The van der Waals surface area contributed by atoms with Gasteiger partial charge in [0.1, 0.15) is 12.3 Å². The molecule has 1 aliphatic heterocycles. The average molecular weight is 429 g/mol. The molecule has 0 spiro atoms. The molecule has 4 aromatic rings. The van der Waals surface area contributed by atoms with Gasteiger partial charge in [0.05, 0.1) is 35.6 Å². The van der Waals surface area contributed by atoms with Gasteiger partial charge < -0.3 is 14.6 Å². The minimum atomic E-state index is -0.320. The Labute approximate surface area is 184 Å². The van der Waals surface area contributed by atoms with E-state index in [1.165, 1.54) is 0 Å². The maximum Gasteiger partial charge on any atom is 0.252 e. The van der Waals surface area contributed by atoms with Crippen LogP contribution in [0, 0.1) is 0 Å². The summed E-state index contributed by atoms with van der Waals surface area (Å²) in [7, 11) is 0. The zero-order valence-corrected chi connectivity index (χ0v) is 17.5. The van der Waals surface area contributed by atoms with Crippen LogP contribution in [0.5, 0.6) is 0 Å². The van der Waals surface area contributed by atoms with Gasteiger partial charge in [0, 0.05) is 18.7 Å². The highest BCUT2D eigenvalue weighted by atomic mass is 16.3. The standard InChI is InChI=1S/C24H23N5O3/c30-22(28-10-4-5-11-28)15-25-24(31)19-13-21(17-7-2-1-3-8-17)27-23-20(19)14-26-29(23)16-18-9-6-12-32-18/h1-3,6-9,12-14H,4-5,10-11,15-16H2,(H,25,31). The lowest BCUT2D eigenvalue weighted by atomic mass is 10.1. The van der Waals surface area contributed by atoms with Crippen molar-refractivity contribution in [3.63, 3.8) is 0 Å². The van der Waals surface area contributed by atoms with E-state index in [9.17, 15) is 9.59 Å². The molecule has 162 valence electrons. The Morgan fingerprint density at radius 3 is 2.62 bits per heavy atom. The molecule has 32 heavy (non-hydrogen) atoms. The highest BCUT2D eigenvalue weighted by Gasteiger charge is 2.21. The molecular formula is C24H23N5O3. The second-order valence-corrected chi connectivity index (χ2v) is 7.81. The molecule has 0 radical (unpaired) electrons. The van der Waals surface area contributed by atoms with E-state index < -0.39 is 0 Å². The van der Waals surface area contributed by atoms with E-state index in [-0.39, 0.29) is 18.4 Å². The summed E-state index contributed by atoms with van der Waals surface area (Å²) in [6.07, 6.45) is 5.28. The van der Waals surface area contributed by atoms with E-state index in [0.29, 0.717) is 28.8 Å². The molecule has 0 bridgehead atoms. The highest BCUT2D eigenvalue weighted by molar-refractivity contribution is 6.07. The molecule has 8 heteroatoms. The smallest absolute Gasteiger partial charge is 0.252 e. The zero-order valence-electron chi connectivity index (χ0n) is 17.5. The lowest BCUT2D eigenvalue weighted by Crippen LogP contribution is -2.38. The summed E-state index contributed by atoms with van der Waals surface area (Å²) in [5, 5.41) is 7.86. The first-order chi connectivity index (χ1) is 15.7. The van der Waals surface area contributed by atoms with E-state index in [0.717, 1.165) is 37.3 Å². The highest BCUT2D eigenvalue weighted by Crippen LogP contribution is 2.25. The van der Waals surface area contributed by atoms with Gasteiger partial charge in [-0.2, -0.15) is 5.10 Å². The number of rotatable bonds is 6. The first-order valence-corrected chi connectivity index (χ1v) is 10.7. The minimum Gasteiger partial charge on any atom is -0.467 e. The Kier molecular flexibility index (Phi) is 5.41. The Balaban J connectivity index is 1.49. The van der Waals surface area contributed by atoms with Crippen LogP contribution in [0.15, 0.2) is 65.4 Å². The van der Waals surface area contributed by atoms with Crippen LogP contribution in [0.25, 0.3) is 22.3 Å². The van der Waals surface area contributed by atoms with Crippen LogP contribution in [0.2, 0.25) is 0 Å². The molecule has 5 rings (SSSR count). The third kappa shape index (κ3) is 3.99. The van der Waals surface area contributed by atoms with Gasteiger partial charge in [-0.15, -0.1) is 0 Å². The first-order valence-electron chi connectivity index (χ1n) is 10.7. The van der Waals surface area contributed by atoms with Crippen molar-refractivity contribution >= 4 is 22.8 Å². The second-order valence-electron chi connectivity index (χ2n) is 7.81. The number of hydrogen-bond donors (Lipinski definition) is 1. The first kappa shape index (κ1) is 20.0. The van der Waals surface area contributed by atoms with Crippen LogP contribution >= 0.6 is 0 Å². The molecule has 1 saturated heterocycles. The molecule has 0 saturated carbocycles. The number of nitrogens with one attached hydrogen (secondary N) is 1. The fourth-order valence-electron chi connectivity index (χ4n) is 3.99. The van der Waals surface area contributed by atoms with E-state index in [1.807, 2.05) is 42.5 Å². The molecule has 1 aromatic carbocycles. The summed E-state index contributed by atoms with van der Waals surface area (Å²) in [6, 6.07) is 15.1. The van der Waals surface area contributed by atoms with Crippen molar-refractivity contribution in [2.45, 2.75) is 19.4 Å². The maximum absolute atomic E-state index is 13.1. The van der Waals surface area contributed by atoms with E-state index in [4.69, 9.17) is 9.40 Å². The lowest BCUT2D eigenvalue weighted by molar-refractivity contribution is -0.129. The molecule has 0 aliphatic carbocycles. The lowest BCUT2D eigenvalue weighted by Gasteiger charge is -2.15. The van der Waals surface area contributed by atoms with Gasteiger partial charge in [0.2, 0.25) is 5.91 Å².